The second kappa shape index (κ2) is 7.81. The van der Waals surface area contributed by atoms with E-state index < -0.39 is 0 Å². The smallest absolute Gasteiger partial charge is 0.134 e. The van der Waals surface area contributed by atoms with Crippen molar-refractivity contribution in [1.82, 2.24) is 14.5 Å². The van der Waals surface area contributed by atoms with E-state index in [1.54, 1.807) is 11.3 Å². The first-order valence-electron chi connectivity index (χ1n) is 8.78. The number of aromatic nitrogens is 3. The van der Waals surface area contributed by atoms with E-state index in [9.17, 15) is 0 Å². The lowest BCUT2D eigenvalue weighted by Crippen LogP contribution is -2.08. The van der Waals surface area contributed by atoms with E-state index in [0.717, 1.165) is 34.6 Å². The van der Waals surface area contributed by atoms with Gasteiger partial charge in [0.25, 0.3) is 0 Å². The van der Waals surface area contributed by atoms with Gasteiger partial charge < -0.3 is 9.30 Å². The molecule has 26 heavy (non-hydrogen) atoms. The van der Waals surface area contributed by atoms with Crippen molar-refractivity contribution in [2.75, 3.05) is 6.61 Å². The molecular weight excluding hydrogens is 342 g/mol. The van der Waals surface area contributed by atoms with Crippen LogP contribution in [0.25, 0.3) is 10.2 Å². The predicted octanol–water partition coefficient (Wildman–Crippen LogP) is 4.77. The lowest BCUT2D eigenvalue weighted by molar-refractivity contribution is 0.0782. The Kier molecular flexibility index (Phi) is 5.09. The molecule has 0 spiro atoms. The van der Waals surface area contributed by atoms with Gasteiger partial charge in [-0.1, -0.05) is 42.5 Å². The fourth-order valence-corrected chi connectivity index (χ4v) is 4.04. The van der Waals surface area contributed by atoms with Crippen LogP contribution >= 0.6 is 11.3 Å². The van der Waals surface area contributed by atoms with Gasteiger partial charge in [-0.3, -0.25) is 0 Å². The van der Waals surface area contributed by atoms with Crippen LogP contribution in [0.1, 0.15) is 28.8 Å². The summed E-state index contributed by atoms with van der Waals surface area (Å²) in [5, 5.41) is 1.01. The highest BCUT2D eigenvalue weighted by Crippen LogP contribution is 2.32. The third-order valence-electron chi connectivity index (χ3n) is 4.26. The summed E-state index contributed by atoms with van der Waals surface area (Å²) in [5.41, 5.74) is 3.28. The zero-order valence-electron chi connectivity index (χ0n) is 14.7. The van der Waals surface area contributed by atoms with Crippen molar-refractivity contribution in [2.45, 2.75) is 18.9 Å². The molecule has 1 atom stereocenters. The number of benzene rings is 2. The molecule has 0 amide bonds. The number of ether oxygens (including phenoxy) is 1. The van der Waals surface area contributed by atoms with Crippen LogP contribution < -0.4 is 0 Å². The molecule has 0 saturated carbocycles. The van der Waals surface area contributed by atoms with Gasteiger partial charge >= 0.3 is 0 Å². The minimum atomic E-state index is -0.127. The Labute approximate surface area is 157 Å². The Morgan fingerprint density at radius 1 is 1.08 bits per heavy atom. The normalized spacial score (nSPS) is 12.5. The van der Waals surface area contributed by atoms with Crippen molar-refractivity contribution < 1.29 is 4.74 Å². The Bertz CT molecular complexity index is 944. The Hall–Kier alpha value is -2.50. The van der Waals surface area contributed by atoms with E-state index in [-0.39, 0.29) is 6.10 Å². The van der Waals surface area contributed by atoms with E-state index in [4.69, 9.17) is 9.72 Å². The third kappa shape index (κ3) is 3.84. The molecule has 0 bridgehead atoms. The van der Waals surface area contributed by atoms with Crippen molar-refractivity contribution in [3.05, 3.63) is 83.4 Å². The molecule has 0 radical (unpaired) electrons. The summed E-state index contributed by atoms with van der Waals surface area (Å²) in [4.78, 5) is 9.18. The van der Waals surface area contributed by atoms with Crippen LogP contribution in [0, 0.1) is 0 Å². The molecule has 4 rings (SSSR count). The maximum Gasteiger partial charge on any atom is 0.134 e. The number of para-hydroxylation sites is 1. The molecule has 0 aliphatic carbocycles. The highest BCUT2D eigenvalue weighted by Gasteiger charge is 2.19. The van der Waals surface area contributed by atoms with Crippen LogP contribution in [0.5, 0.6) is 0 Å². The quantitative estimate of drug-likeness (QED) is 0.444. The highest BCUT2D eigenvalue weighted by atomic mass is 32.1. The predicted molar refractivity (Wildman–Crippen MR) is 105 cm³/mol. The van der Waals surface area contributed by atoms with Crippen molar-refractivity contribution in [3.63, 3.8) is 0 Å². The molecule has 0 N–H and O–H groups in total. The zero-order chi connectivity index (χ0) is 17.8. The molecule has 132 valence electrons. The van der Waals surface area contributed by atoms with Crippen molar-refractivity contribution in [1.29, 1.82) is 0 Å². The summed E-state index contributed by atoms with van der Waals surface area (Å²) in [6.07, 6.45) is 5.62. The van der Waals surface area contributed by atoms with Crippen LogP contribution in [0.2, 0.25) is 0 Å². The monoisotopic (exact) mass is 363 g/mol. The van der Waals surface area contributed by atoms with Crippen molar-refractivity contribution in [3.8, 4) is 0 Å². The van der Waals surface area contributed by atoms with Crippen molar-refractivity contribution in [2.24, 2.45) is 7.05 Å². The maximum atomic E-state index is 6.29. The van der Waals surface area contributed by atoms with Gasteiger partial charge in [0.05, 0.1) is 22.2 Å². The molecule has 0 aliphatic heterocycles. The first-order chi connectivity index (χ1) is 12.8. The Morgan fingerprint density at radius 3 is 2.65 bits per heavy atom. The second-order valence-corrected chi connectivity index (χ2v) is 7.38. The number of fused-ring (bicyclic) bond motifs is 1. The number of thiazole rings is 1. The minimum Gasteiger partial charge on any atom is -0.366 e. The number of hydrogen-bond acceptors (Lipinski definition) is 4. The van der Waals surface area contributed by atoms with Gasteiger partial charge in [0.2, 0.25) is 0 Å². The third-order valence-corrected chi connectivity index (χ3v) is 5.34. The molecule has 2 heterocycles. The van der Waals surface area contributed by atoms with E-state index in [1.165, 1.54) is 4.70 Å². The largest absolute Gasteiger partial charge is 0.366 e. The molecule has 0 saturated heterocycles. The summed E-state index contributed by atoms with van der Waals surface area (Å²) >= 11 is 1.71. The average Bonchev–Trinajstić information content (AvgIpc) is 3.28. The summed E-state index contributed by atoms with van der Waals surface area (Å²) in [7, 11) is 1.99. The van der Waals surface area contributed by atoms with Gasteiger partial charge in [-0.25, -0.2) is 9.97 Å². The molecular formula is C21H21N3OS. The van der Waals surface area contributed by atoms with E-state index in [2.05, 4.69) is 41.5 Å². The molecule has 4 nitrogen and oxygen atoms in total. The number of hydrogen-bond donors (Lipinski definition) is 0. The lowest BCUT2D eigenvalue weighted by Gasteiger charge is -2.16. The molecule has 1 unspecified atom stereocenters. The highest BCUT2D eigenvalue weighted by molar-refractivity contribution is 7.18. The SMILES string of the molecule is Cn1cnc(CCCOC(c2ccccc2)c2nc3ccccc3s2)c1. The molecule has 0 fully saturated rings. The van der Waals surface area contributed by atoms with E-state index >= 15 is 0 Å². The number of nitrogens with zero attached hydrogens (tertiary/aromatic N) is 3. The van der Waals surface area contributed by atoms with Gasteiger partial charge in [-0.15, -0.1) is 11.3 Å². The molecule has 0 aliphatic rings. The number of rotatable bonds is 7. The van der Waals surface area contributed by atoms with Gasteiger partial charge in [0.15, 0.2) is 0 Å². The summed E-state index contributed by atoms with van der Waals surface area (Å²) in [6, 6.07) is 18.6. The van der Waals surface area contributed by atoms with Crippen LogP contribution in [0.4, 0.5) is 0 Å². The maximum absolute atomic E-state index is 6.29. The van der Waals surface area contributed by atoms with Crippen LogP contribution in [0.3, 0.4) is 0 Å². The molecule has 4 aromatic rings. The Morgan fingerprint density at radius 2 is 1.88 bits per heavy atom. The topological polar surface area (TPSA) is 39.9 Å². The van der Waals surface area contributed by atoms with E-state index in [0.29, 0.717) is 6.61 Å². The first-order valence-corrected chi connectivity index (χ1v) is 9.60. The fraction of sp³-hybridized carbons (Fsp3) is 0.238. The fourth-order valence-electron chi connectivity index (χ4n) is 2.99. The van der Waals surface area contributed by atoms with Crippen LogP contribution in [0.15, 0.2) is 67.1 Å². The minimum absolute atomic E-state index is 0.127. The lowest BCUT2D eigenvalue weighted by atomic mass is 10.1. The van der Waals surface area contributed by atoms with Crippen LogP contribution in [-0.4, -0.2) is 21.1 Å². The zero-order valence-corrected chi connectivity index (χ0v) is 15.5. The van der Waals surface area contributed by atoms with Gasteiger partial charge in [0.1, 0.15) is 11.1 Å². The molecule has 5 heteroatoms. The molecule has 2 aromatic heterocycles. The summed E-state index contributed by atoms with van der Waals surface area (Å²) in [6.45, 7) is 0.673. The van der Waals surface area contributed by atoms with Gasteiger partial charge in [0, 0.05) is 19.9 Å². The number of aryl methyl sites for hydroxylation is 2. The van der Waals surface area contributed by atoms with Crippen molar-refractivity contribution >= 4 is 21.6 Å². The first kappa shape index (κ1) is 16.9. The van der Waals surface area contributed by atoms with Gasteiger partial charge in [-0.2, -0.15) is 0 Å². The van der Waals surface area contributed by atoms with Gasteiger partial charge in [-0.05, 0) is 30.5 Å². The summed E-state index contributed by atoms with van der Waals surface area (Å²) in [5.74, 6) is 0. The Balaban J connectivity index is 1.49. The standard InChI is InChI=1S/C21H21N3OS/c1-24-14-17(22-15-24)10-7-13-25-20(16-8-3-2-4-9-16)21-23-18-11-5-6-12-19(18)26-21/h2-6,8-9,11-12,14-15,20H,7,10,13H2,1H3. The summed E-state index contributed by atoms with van der Waals surface area (Å²) < 4.78 is 9.46. The number of imidazole rings is 1. The second-order valence-electron chi connectivity index (χ2n) is 6.32. The van der Waals surface area contributed by atoms with Crippen LogP contribution in [-0.2, 0) is 18.2 Å². The average molecular weight is 363 g/mol. The molecule has 2 aromatic carbocycles. The van der Waals surface area contributed by atoms with E-state index in [1.807, 2.05) is 42.2 Å².